The van der Waals surface area contributed by atoms with Crippen LogP contribution in [0.2, 0.25) is 0 Å². The molecular formula is C31H24N2O5S. The van der Waals surface area contributed by atoms with Gasteiger partial charge in [0.25, 0.3) is 0 Å². The highest BCUT2D eigenvalue weighted by atomic mass is 32.2. The molecule has 1 aromatic heterocycles. The quantitative estimate of drug-likeness (QED) is 0.285. The third kappa shape index (κ3) is 4.18. The van der Waals surface area contributed by atoms with Gasteiger partial charge in [-0.15, -0.1) is 0 Å². The molecule has 8 heteroatoms. The van der Waals surface area contributed by atoms with Crippen molar-refractivity contribution in [3.63, 3.8) is 0 Å². The zero-order valence-corrected chi connectivity index (χ0v) is 21.5. The van der Waals surface area contributed by atoms with E-state index in [1.54, 1.807) is 36.8 Å². The molecule has 39 heavy (non-hydrogen) atoms. The first kappa shape index (κ1) is 23.7. The van der Waals surface area contributed by atoms with Gasteiger partial charge in [-0.25, -0.2) is 4.98 Å². The van der Waals surface area contributed by atoms with E-state index in [1.807, 2.05) is 77.5 Å². The summed E-state index contributed by atoms with van der Waals surface area (Å²) in [5, 5.41) is 10.9. The number of nitrogens with zero attached hydrogens (tertiary/aromatic N) is 2. The molecule has 2 bridgehead atoms. The summed E-state index contributed by atoms with van der Waals surface area (Å²) in [5.41, 5.74) is 4.47. The van der Waals surface area contributed by atoms with Crippen LogP contribution in [0.4, 0.5) is 0 Å². The maximum Gasteiger partial charge on any atom is 0.315 e. The molecule has 0 spiro atoms. The lowest BCUT2D eigenvalue weighted by molar-refractivity contribution is 0.128. The third-order valence-corrected chi connectivity index (χ3v) is 9.06. The number of hydrogen-bond acceptors (Lipinski definition) is 6. The number of aromatic nitrogens is 2. The van der Waals surface area contributed by atoms with Crippen LogP contribution in [0, 0.1) is 0 Å². The number of hydrogen-bond donors (Lipinski definition) is 1. The number of fused-ring (bicyclic) bond motifs is 3. The van der Waals surface area contributed by atoms with E-state index in [9.17, 15) is 13.5 Å². The number of phenolic OH excluding ortho intramolecular Hbond substituents is 1. The molecule has 0 saturated carbocycles. The van der Waals surface area contributed by atoms with E-state index in [4.69, 9.17) is 8.92 Å². The first-order chi connectivity index (χ1) is 19.0. The van der Waals surface area contributed by atoms with Crippen LogP contribution in [0.3, 0.4) is 0 Å². The molecule has 0 radical (unpaired) electrons. The fraction of sp³-hybridized carbons (Fsp3) is 0.129. The molecule has 0 amide bonds. The zero-order chi connectivity index (χ0) is 26.6. The Balaban J connectivity index is 1.27. The molecule has 4 aromatic carbocycles. The number of imidazole rings is 1. The van der Waals surface area contributed by atoms with Gasteiger partial charge in [-0.05, 0) is 69.4 Å². The second-order valence-electron chi connectivity index (χ2n) is 9.80. The van der Waals surface area contributed by atoms with Gasteiger partial charge >= 0.3 is 10.1 Å². The molecule has 1 unspecified atom stereocenters. The number of phenols is 1. The normalized spacial score (nSPS) is 20.6. The largest absolute Gasteiger partial charge is 0.508 e. The molecule has 5 aromatic rings. The molecular weight excluding hydrogens is 512 g/mol. The topological polar surface area (TPSA) is 90.7 Å². The van der Waals surface area contributed by atoms with Crippen molar-refractivity contribution in [1.82, 2.24) is 9.55 Å². The lowest BCUT2D eigenvalue weighted by Gasteiger charge is -2.25. The Kier molecular flexibility index (Phi) is 5.54. The summed E-state index contributed by atoms with van der Waals surface area (Å²) in [6, 6.07) is 27.8. The van der Waals surface area contributed by atoms with Crippen molar-refractivity contribution in [2.75, 3.05) is 0 Å². The van der Waals surface area contributed by atoms with E-state index < -0.39 is 27.6 Å². The summed E-state index contributed by atoms with van der Waals surface area (Å²) in [6.45, 7) is 0. The fourth-order valence-electron chi connectivity index (χ4n) is 5.63. The average molecular weight is 537 g/mol. The van der Waals surface area contributed by atoms with Gasteiger partial charge < -0.3 is 18.6 Å². The molecule has 0 aliphatic carbocycles. The second-order valence-corrected chi connectivity index (χ2v) is 11.6. The van der Waals surface area contributed by atoms with Crippen LogP contribution in [0.25, 0.3) is 27.6 Å². The Bertz CT molecular complexity index is 1810. The van der Waals surface area contributed by atoms with Crippen LogP contribution < -0.4 is 4.18 Å². The smallest absolute Gasteiger partial charge is 0.315 e. The molecule has 2 aliphatic rings. The Morgan fingerprint density at radius 3 is 2.33 bits per heavy atom. The van der Waals surface area contributed by atoms with Gasteiger partial charge in [-0.3, -0.25) is 0 Å². The third-order valence-electron chi connectivity index (χ3n) is 7.45. The highest BCUT2D eigenvalue weighted by Crippen LogP contribution is 2.51. The molecule has 7 nitrogen and oxygen atoms in total. The second kappa shape index (κ2) is 9.11. The van der Waals surface area contributed by atoms with Gasteiger partial charge in [-0.1, -0.05) is 54.6 Å². The Labute approximate surface area is 225 Å². The minimum atomic E-state index is -4.02. The average Bonchev–Trinajstić information content (AvgIpc) is 3.71. The minimum absolute atomic E-state index is 0.166. The SMILES string of the molecule is O=S(=O)(Oc1ccc2ccccc2c1)C1C[C@H]2O[C@@H]1C(c1ccc(-n3ccnc3)cc1)=C2c1ccc(O)cc1. The van der Waals surface area contributed by atoms with Crippen LogP contribution in [0.1, 0.15) is 17.5 Å². The van der Waals surface area contributed by atoms with Gasteiger partial charge in [0.15, 0.2) is 0 Å². The Hall–Kier alpha value is -4.40. The molecule has 194 valence electrons. The van der Waals surface area contributed by atoms with Crippen LogP contribution in [-0.4, -0.2) is 40.5 Å². The molecule has 1 fully saturated rings. The summed E-state index contributed by atoms with van der Waals surface area (Å²) in [7, 11) is -4.02. The van der Waals surface area contributed by atoms with Gasteiger partial charge in [0, 0.05) is 24.5 Å². The van der Waals surface area contributed by atoms with Crippen molar-refractivity contribution >= 4 is 32.0 Å². The van der Waals surface area contributed by atoms with Crippen LogP contribution in [0.5, 0.6) is 11.5 Å². The summed E-state index contributed by atoms with van der Waals surface area (Å²) in [6.07, 6.45) is 4.49. The van der Waals surface area contributed by atoms with Crippen molar-refractivity contribution in [2.45, 2.75) is 23.9 Å². The molecule has 3 atom stereocenters. The summed E-state index contributed by atoms with van der Waals surface area (Å²) < 4.78 is 41.2. The van der Waals surface area contributed by atoms with Gasteiger partial charge in [0.05, 0.1) is 12.4 Å². The zero-order valence-electron chi connectivity index (χ0n) is 20.7. The highest BCUT2D eigenvalue weighted by molar-refractivity contribution is 7.87. The van der Waals surface area contributed by atoms with Crippen molar-refractivity contribution < 1.29 is 22.4 Å². The van der Waals surface area contributed by atoms with E-state index in [-0.39, 0.29) is 17.9 Å². The van der Waals surface area contributed by atoms with Crippen LogP contribution >= 0.6 is 0 Å². The fourth-order valence-corrected chi connectivity index (χ4v) is 7.04. The van der Waals surface area contributed by atoms with E-state index in [2.05, 4.69) is 4.98 Å². The minimum Gasteiger partial charge on any atom is -0.508 e. The van der Waals surface area contributed by atoms with Crippen molar-refractivity contribution in [2.24, 2.45) is 0 Å². The predicted molar refractivity (Wildman–Crippen MR) is 149 cm³/mol. The molecule has 7 rings (SSSR count). The number of rotatable bonds is 6. The lowest BCUT2D eigenvalue weighted by atomic mass is 9.83. The van der Waals surface area contributed by atoms with Gasteiger partial charge in [0.1, 0.15) is 22.9 Å². The van der Waals surface area contributed by atoms with E-state index in [1.165, 1.54) is 0 Å². The monoisotopic (exact) mass is 536 g/mol. The van der Waals surface area contributed by atoms with E-state index >= 15 is 0 Å². The maximum absolute atomic E-state index is 13.6. The summed E-state index contributed by atoms with van der Waals surface area (Å²) >= 11 is 0. The van der Waals surface area contributed by atoms with Crippen molar-refractivity contribution in [1.29, 1.82) is 0 Å². The van der Waals surface area contributed by atoms with Crippen LogP contribution in [0.15, 0.2) is 110 Å². The summed E-state index contributed by atoms with van der Waals surface area (Å²) in [4.78, 5) is 4.11. The number of ether oxygens (including phenoxy) is 1. The van der Waals surface area contributed by atoms with Gasteiger partial charge in [-0.2, -0.15) is 8.42 Å². The lowest BCUT2D eigenvalue weighted by Crippen LogP contribution is -2.35. The van der Waals surface area contributed by atoms with E-state index in [0.717, 1.165) is 38.7 Å². The molecule has 3 heterocycles. The summed E-state index contributed by atoms with van der Waals surface area (Å²) in [5.74, 6) is 0.448. The number of aromatic hydroxyl groups is 1. The van der Waals surface area contributed by atoms with Crippen molar-refractivity contribution in [3.05, 3.63) is 121 Å². The first-order valence-corrected chi connectivity index (χ1v) is 14.1. The standard InChI is InChI=1S/C31H24N2O5S/c34-25-12-7-21(8-13-25)29-27-18-28(39(35,36)38-26-14-9-20-3-1-2-4-23(20)17-26)31(37-27)30(29)22-5-10-24(11-6-22)33-16-15-32-19-33/h1-17,19,27-28,31,34H,18H2/t27-,28?,31+/m1/s1. The maximum atomic E-state index is 13.6. The predicted octanol–water partition coefficient (Wildman–Crippen LogP) is 5.59. The Morgan fingerprint density at radius 2 is 1.59 bits per heavy atom. The first-order valence-electron chi connectivity index (χ1n) is 12.7. The van der Waals surface area contributed by atoms with Crippen molar-refractivity contribution in [3.8, 4) is 17.2 Å². The Morgan fingerprint density at radius 1 is 0.872 bits per heavy atom. The molecule has 1 N–H and O–H groups in total. The number of benzene rings is 4. The molecule has 2 aliphatic heterocycles. The highest BCUT2D eigenvalue weighted by Gasteiger charge is 2.53. The molecule has 1 saturated heterocycles. The van der Waals surface area contributed by atoms with Crippen LogP contribution in [-0.2, 0) is 14.9 Å². The van der Waals surface area contributed by atoms with E-state index in [0.29, 0.717) is 0 Å². The van der Waals surface area contributed by atoms with Gasteiger partial charge in [0.2, 0.25) is 0 Å².